The number of alkyl halides is 1. The molecule has 0 aromatic rings. The molecule has 0 aliphatic carbocycles. The summed E-state index contributed by atoms with van der Waals surface area (Å²) >= 11 is 6.08. The Hall–Kier alpha value is -1.24. The lowest BCUT2D eigenvalue weighted by molar-refractivity contribution is -0.147. The first-order chi connectivity index (χ1) is 10.0. The molecule has 2 heterocycles. The molecule has 0 fully saturated rings. The lowest BCUT2D eigenvalue weighted by atomic mass is 9.99. The molecule has 3 unspecified atom stereocenters. The third-order valence-electron chi connectivity index (χ3n) is 3.39. The van der Waals surface area contributed by atoms with Crippen molar-refractivity contribution in [1.82, 2.24) is 10.2 Å². The fourth-order valence-electron chi connectivity index (χ4n) is 2.45. The number of carbonyl (C=O) groups is 1. The van der Waals surface area contributed by atoms with Crippen molar-refractivity contribution in [2.75, 3.05) is 19.8 Å². The summed E-state index contributed by atoms with van der Waals surface area (Å²) in [5.41, 5.74) is 1.33. The largest absolute Gasteiger partial charge is 0.480 e. The maximum absolute atomic E-state index is 10.6. The van der Waals surface area contributed by atoms with Gasteiger partial charge < -0.3 is 24.8 Å². The molecular weight excluding hydrogens is 296 g/mol. The summed E-state index contributed by atoms with van der Waals surface area (Å²) in [5.74, 6) is -1.00. The van der Waals surface area contributed by atoms with Crippen molar-refractivity contribution >= 4 is 17.6 Å². The van der Waals surface area contributed by atoms with E-state index in [4.69, 9.17) is 26.2 Å². The van der Waals surface area contributed by atoms with Gasteiger partial charge in [0.25, 0.3) is 0 Å². The molecule has 2 N–H and O–H groups in total. The van der Waals surface area contributed by atoms with Crippen molar-refractivity contribution in [3.8, 4) is 0 Å². The van der Waals surface area contributed by atoms with Crippen LogP contribution in [0.5, 0.6) is 0 Å². The molecule has 0 amide bonds. The predicted octanol–water partition coefficient (Wildman–Crippen LogP) is 1.48. The lowest BCUT2D eigenvalue weighted by Gasteiger charge is -2.38. The van der Waals surface area contributed by atoms with E-state index >= 15 is 0 Å². The number of aliphatic carboxylic acids is 1. The molecule has 0 bridgehead atoms. The van der Waals surface area contributed by atoms with E-state index in [-0.39, 0.29) is 12.7 Å². The number of ether oxygens (including phenoxy) is 2. The number of nitrogens with one attached hydrogen (secondary N) is 1. The zero-order valence-electron chi connectivity index (χ0n) is 12.2. The average molecular weight is 317 g/mol. The Bertz CT molecular complexity index is 452. The van der Waals surface area contributed by atoms with Gasteiger partial charge >= 0.3 is 5.97 Å². The highest BCUT2D eigenvalue weighted by atomic mass is 35.5. The molecule has 0 saturated carbocycles. The van der Waals surface area contributed by atoms with E-state index in [0.29, 0.717) is 0 Å². The molecule has 2 aliphatic heterocycles. The zero-order valence-corrected chi connectivity index (χ0v) is 13.0. The van der Waals surface area contributed by atoms with Gasteiger partial charge in [0.15, 0.2) is 5.56 Å². The number of carboxylic acids is 1. The Morgan fingerprint density at radius 2 is 2.48 bits per heavy atom. The van der Waals surface area contributed by atoms with Crippen LogP contribution in [0.3, 0.4) is 0 Å². The Labute approximate surface area is 129 Å². The quantitative estimate of drug-likeness (QED) is 0.723. The number of hydrogen-bond donors (Lipinski definition) is 2. The topological polar surface area (TPSA) is 71.0 Å². The molecule has 0 spiro atoms. The van der Waals surface area contributed by atoms with Gasteiger partial charge in [-0.1, -0.05) is 18.5 Å². The normalized spacial score (nSPS) is 26.3. The van der Waals surface area contributed by atoms with E-state index in [9.17, 15) is 4.79 Å². The highest BCUT2D eigenvalue weighted by molar-refractivity contribution is 6.21. The van der Waals surface area contributed by atoms with Crippen molar-refractivity contribution in [3.63, 3.8) is 0 Å². The molecule has 3 atom stereocenters. The zero-order chi connectivity index (χ0) is 15.4. The first kappa shape index (κ1) is 16.1. The van der Waals surface area contributed by atoms with Crippen LogP contribution in [0.25, 0.3) is 0 Å². The van der Waals surface area contributed by atoms with Gasteiger partial charge in [0.05, 0.1) is 12.8 Å². The minimum absolute atomic E-state index is 0.355. The molecule has 0 aromatic carbocycles. The first-order valence-electron chi connectivity index (χ1n) is 7.06. The van der Waals surface area contributed by atoms with Crippen LogP contribution >= 0.6 is 11.6 Å². The number of rotatable bonds is 6. The van der Waals surface area contributed by atoms with Gasteiger partial charge in [0.2, 0.25) is 0 Å². The molecule has 0 radical (unpaired) electrons. The highest BCUT2D eigenvalue weighted by Crippen LogP contribution is 2.30. The summed E-state index contributed by atoms with van der Waals surface area (Å²) in [6.45, 7) is 5.22. The van der Waals surface area contributed by atoms with Crippen molar-refractivity contribution < 1.29 is 19.4 Å². The Morgan fingerprint density at radius 1 is 1.71 bits per heavy atom. The summed E-state index contributed by atoms with van der Waals surface area (Å²) in [5, 5.41) is 12.0. The smallest absolute Gasteiger partial charge is 0.329 e. The summed E-state index contributed by atoms with van der Waals surface area (Å²) in [7, 11) is 0. The fraction of sp³-hybridized carbons (Fsp3) is 0.643. The number of fused-ring (bicyclic) bond motifs is 1. The summed E-state index contributed by atoms with van der Waals surface area (Å²) in [6.07, 6.45) is 4.11. The van der Waals surface area contributed by atoms with Crippen LogP contribution in [-0.2, 0) is 14.3 Å². The third-order valence-corrected chi connectivity index (χ3v) is 3.62. The average Bonchev–Trinajstić information content (AvgIpc) is 2.44. The standard InChI is InChI=1S/C14H21ClN2O4/c1-3-4-17-6-10-11(16-8-17)5-12(15)21-14(10)9(2)20-7-13(18)19/h5-6,9,12,14,16H,3-4,7-8H2,1-2H3,(H,18,19). The van der Waals surface area contributed by atoms with Crippen molar-refractivity contribution in [2.24, 2.45) is 0 Å². The molecule has 2 rings (SSSR count). The minimum atomic E-state index is -1.00. The second-order valence-electron chi connectivity index (χ2n) is 5.13. The van der Waals surface area contributed by atoms with Crippen molar-refractivity contribution in [3.05, 3.63) is 23.5 Å². The van der Waals surface area contributed by atoms with Crippen molar-refractivity contribution in [1.29, 1.82) is 0 Å². The summed E-state index contributed by atoms with van der Waals surface area (Å²) in [6, 6.07) is 0. The third kappa shape index (κ3) is 4.12. The highest BCUT2D eigenvalue weighted by Gasteiger charge is 2.34. The predicted molar refractivity (Wildman–Crippen MR) is 78.7 cm³/mol. The SMILES string of the molecule is CCCN1C=C2C(=CC(Cl)OC2C(C)OCC(=O)O)NC1. The number of carboxylic acid groups (broad SMARTS) is 1. The van der Waals surface area contributed by atoms with E-state index in [0.717, 1.165) is 30.9 Å². The monoisotopic (exact) mass is 316 g/mol. The lowest BCUT2D eigenvalue weighted by Crippen LogP contribution is -2.45. The van der Waals surface area contributed by atoms with Crippen LogP contribution in [0.15, 0.2) is 23.5 Å². The second-order valence-corrected chi connectivity index (χ2v) is 5.56. The summed E-state index contributed by atoms with van der Waals surface area (Å²) < 4.78 is 11.1. The van der Waals surface area contributed by atoms with E-state index in [1.54, 1.807) is 6.92 Å². The first-order valence-corrected chi connectivity index (χ1v) is 7.49. The van der Waals surface area contributed by atoms with Crippen molar-refractivity contribution in [2.45, 2.75) is 38.0 Å². The molecule has 2 aliphatic rings. The van der Waals surface area contributed by atoms with E-state index in [2.05, 4.69) is 17.1 Å². The van der Waals surface area contributed by atoms with E-state index in [1.165, 1.54) is 0 Å². The van der Waals surface area contributed by atoms with Crippen LogP contribution in [0.2, 0.25) is 0 Å². The number of hydrogen-bond acceptors (Lipinski definition) is 5. The second kappa shape index (κ2) is 7.15. The van der Waals surface area contributed by atoms with Crippen LogP contribution < -0.4 is 5.32 Å². The molecule has 6 nitrogen and oxygen atoms in total. The van der Waals surface area contributed by atoms with Crippen LogP contribution in [0.1, 0.15) is 20.3 Å². The Morgan fingerprint density at radius 3 is 3.14 bits per heavy atom. The Kier molecular flexibility index (Phi) is 5.50. The molecule has 21 heavy (non-hydrogen) atoms. The fourth-order valence-corrected chi connectivity index (χ4v) is 2.69. The van der Waals surface area contributed by atoms with Gasteiger partial charge in [0, 0.05) is 24.0 Å². The molecule has 0 aromatic heterocycles. The van der Waals surface area contributed by atoms with Gasteiger partial charge in [-0.3, -0.25) is 0 Å². The molecule has 118 valence electrons. The Balaban J connectivity index is 2.15. The van der Waals surface area contributed by atoms with Crippen LogP contribution in [-0.4, -0.2) is 53.6 Å². The molecule has 7 heteroatoms. The van der Waals surface area contributed by atoms with Gasteiger partial charge in [-0.05, 0) is 19.4 Å². The van der Waals surface area contributed by atoms with Crippen LogP contribution in [0.4, 0.5) is 0 Å². The van der Waals surface area contributed by atoms with E-state index in [1.807, 2.05) is 12.3 Å². The van der Waals surface area contributed by atoms with Gasteiger partial charge in [-0.2, -0.15) is 0 Å². The maximum atomic E-state index is 10.6. The molecular formula is C14H21ClN2O4. The van der Waals surface area contributed by atoms with Gasteiger partial charge in [0.1, 0.15) is 12.7 Å². The van der Waals surface area contributed by atoms with Gasteiger partial charge in [-0.25, -0.2) is 4.79 Å². The maximum Gasteiger partial charge on any atom is 0.329 e. The number of nitrogens with zero attached hydrogens (tertiary/aromatic N) is 1. The van der Waals surface area contributed by atoms with E-state index < -0.39 is 17.6 Å². The van der Waals surface area contributed by atoms with Gasteiger partial charge in [-0.15, -0.1) is 0 Å². The summed E-state index contributed by atoms with van der Waals surface area (Å²) in [4.78, 5) is 12.8. The number of halogens is 1. The minimum Gasteiger partial charge on any atom is -0.480 e. The van der Waals surface area contributed by atoms with Crippen LogP contribution in [0, 0.1) is 0 Å². The molecule has 0 saturated heterocycles.